The second kappa shape index (κ2) is 4.78. The van der Waals surface area contributed by atoms with Gasteiger partial charge in [-0.1, -0.05) is 17.7 Å². The van der Waals surface area contributed by atoms with Crippen LogP contribution in [0.4, 0.5) is 5.69 Å². The number of guanidine groups is 1. The van der Waals surface area contributed by atoms with Gasteiger partial charge in [-0.15, -0.1) is 0 Å². The Labute approximate surface area is 111 Å². The van der Waals surface area contributed by atoms with Crippen LogP contribution in [-0.2, 0) is 4.74 Å². The fourth-order valence-electron chi connectivity index (χ4n) is 2.68. The lowest BCUT2D eigenvalue weighted by molar-refractivity contribution is 0.182. The third-order valence-corrected chi connectivity index (χ3v) is 3.85. The summed E-state index contributed by atoms with van der Waals surface area (Å²) in [6, 6.07) is 8.04. The van der Waals surface area contributed by atoms with Crippen molar-refractivity contribution in [2.24, 2.45) is 16.6 Å². The molecule has 2 aliphatic rings. The Hall–Kier alpha value is -1.26. The molecule has 2 N–H and O–H groups in total. The van der Waals surface area contributed by atoms with Crippen LogP contribution in [0.1, 0.15) is 6.42 Å². The fourth-order valence-corrected chi connectivity index (χ4v) is 2.87. The number of hydrogen-bond acceptors (Lipinski definition) is 4. The van der Waals surface area contributed by atoms with Crippen molar-refractivity contribution in [1.82, 2.24) is 0 Å². The highest BCUT2D eigenvalue weighted by atomic mass is 35.5. The molecule has 1 aromatic rings. The first kappa shape index (κ1) is 11.8. The Morgan fingerprint density at radius 3 is 3.06 bits per heavy atom. The van der Waals surface area contributed by atoms with E-state index in [1.807, 2.05) is 24.3 Å². The Balaban J connectivity index is 1.89. The Morgan fingerprint density at radius 2 is 2.33 bits per heavy atom. The summed E-state index contributed by atoms with van der Waals surface area (Å²) >= 11 is 6.05. The zero-order valence-corrected chi connectivity index (χ0v) is 10.8. The SMILES string of the molecule is NC1=NCC(C2CCOC2)N1c1cccc(Cl)c1. The number of nitrogens with zero attached hydrogens (tertiary/aromatic N) is 2. The zero-order valence-electron chi connectivity index (χ0n) is 10.1. The predicted molar refractivity (Wildman–Crippen MR) is 73.1 cm³/mol. The minimum absolute atomic E-state index is 0.297. The van der Waals surface area contributed by atoms with Crippen molar-refractivity contribution in [3.63, 3.8) is 0 Å². The maximum absolute atomic E-state index is 6.05. The molecule has 0 saturated carbocycles. The summed E-state index contributed by atoms with van der Waals surface area (Å²) in [5, 5.41) is 0.716. The molecule has 0 radical (unpaired) electrons. The molecule has 2 aliphatic heterocycles. The van der Waals surface area contributed by atoms with Gasteiger partial charge in [0.2, 0.25) is 0 Å². The zero-order chi connectivity index (χ0) is 12.5. The quantitative estimate of drug-likeness (QED) is 0.888. The van der Waals surface area contributed by atoms with Crippen LogP contribution in [0.2, 0.25) is 5.02 Å². The lowest BCUT2D eigenvalue weighted by Crippen LogP contribution is -2.45. The molecule has 0 aliphatic carbocycles. The number of aliphatic imine (C=N–C) groups is 1. The molecule has 3 rings (SSSR count). The van der Waals surface area contributed by atoms with Gasteiger partial charge < -0.3 is 15.4 Å². The van der Waals surface area contributed by atoms with Gasteiger partial charge in [0, 0.05) is 23.2 Å². The lowest BCUT2D eigenvalue weighted by atomic mass is 9.98. The van der Waals surface area contributed by atoms with E-state index in [1.165, 1.54) is 0 Å². The van der Waals surface area contributed by atoms with E-state index in [1.54, 1.807) is 0 Å². The normalized spacial score (nSPS) is 27.6. The molecule has 2 heterocycles. The molecule has 2 unspecified atom stereocenters. The highest BCUT2D eigenvalue weighted by Gasteiger charge is 2.35. The van der Waals surface area contributed by atoms with Gasteiger partial charge in [0.25, 0.3) is 0 Å². The Kier molecular flexibility index (Phi) is 3.14. The van der Waals surface area contributed by atoms with Gasteiger partial charge in [0.05, 0.1) is 19.2 Å². The van der Waals surface area contributed by atoms with E-state index < -0.39 is 0 Å². The largest absolute Gasteiger partial charge is 0.381 e. The van der Waals surface area contributed by atoms with Crippen molar-refractivity contribution in [3.05, 3.63) is 29.3 Å². The van der Waals surface area contributed by atoms with E-state index in [-0.39, 0.29) is 0 Å². The third-order valence-electron chi connectivity index (χ3n) is 3.61. The summed E-state index contributed by atoms with van der Waals surface area (Å²) in [7, 11) is 0. The third kappa shape index (κ3) is 2.06. The highest BCUT2D eigenvalue weighted by Crippen LogP contribution is 2.30. The summed E-state index contributed by atoms with van der Waals surface area (Å²) in [5.74, 6) is 1.07. The summed E-state index contributed by atoms with van der Waals surface area (Å²) in [5.41, 5.74) is 7.02. The smallest absolute Gasteiger partial charge is 0.196 e. The molecule has 0 amide bonds. The maximum atomic E-state index is 6.05. The van der Waals surface area contributed by atoms with E-state index in [0.717, 1.165) is 31.9 Å². The van der Waals surface area contributed by atoms with Crippen LogP contribution < -0.4 is 10.6 Å². The molecule has 1 aromatic carbocycles. The summed E-state index contributed by atoms with van der Waals surface area (Å²) < 4.78 is 5.47. The van der Waals surface area contributed by atoms with Gasteiger partial charge in [0.1, 0.15) is 0 Å². The summed E-state index contributed by atoms with van der Waals surface area (Å²) in [6.07, 6.45) is 1.07. The number of ether oxygens (including phenoxy) is 1. The van der Waals surface area contributed by atoms with Crippen LogP contribution >= 0.6 is 11.6 Å². The lowest BCUT2D eigenvalue weighted by Gasteiger charge is -2.30. The molecule has 2 atom stereocenters. The van der Waals surface area contributed by atoms with Gasteiger partial charge in [-0.05, 0) is 24.6 Å². The summed E-state index contributed by atoms with van der Waals surface area (Å²) in [6.45, 7) is 2.38. The minimum Gasteiger partial charge on any atom is -0.381 e. The van der Waals surface area contributed by atoms with Crippen molar-refractivity contribution in [2.75, 3.05) is 24.7 Å². The number of nitrogens with two attached hydrogens (primary N) is 1. The van der Waals surface area contributed by atoms with Gasteiger partial charge in [-0.2, -0.15) is 0 Å². The minimum atomic E-state index is 0.297. The number of anilines is 1. The van der Waals surface area contributed by atoms with Crippen molar-refractivity contribution >= 4 is 23.2 Å². The second-order valence-electron chi connectivity index (χ2n) is 4.74. The molecule has 4 nitrogen and oxygen atoms in total. The van der Waals surface area contributed by atoms with E-state index in [2.05, 4.69) is 9.89 Å². The van der Waals surface area contributed by atoms with Crippen LogP contribution in [0.25, 0.3) is 0 Å². The topological polar surface area (TPSA) is 50.9 Å². The van der Waals surface area contributed by atoms with Gasteiger partial charge in [-0.3, -0.25) is 4.99 Å². The van der Waals surface area contributed by atoms with Crippen LogP contribution in [0.5, 0.6) is 0 Å². The van der Waals surface area contributed by atoms with Crippen LogP contribution in [0.3, 0.4) is 0 Å². The van der Waals surface area contributed by atoms with E-state index in [9.17, 15) is 0 Å². The number of benzene rings is 1. The van der Waals surface area contributed by atoms with Crippen LogP contribution in [0.15, 0.2) is 29.3 Å². The fraction of sp³-hybridized carbons (Fsp3) is 0.462. The molecule has 5 heteroatoms. The summed E-state index contributed by atoms with van der Waals surface area (Å²) in [4.78, 5) is 6.46. The van der Waals surface area contributed by atoms with E-state index >= 15 is 0 Å². The maximum Gasteiger partial charge on any atom is 0.196 e. The molecule has 96 valence electrons. The Morgan fingerprint density at radius 1 is 1.44 bits per heavy atom. The van der Waals surface area contributed by atoms with Crippen molar-refractivity contribution in [3.8, 4) is 0 Å². The van der Waals surface area contributed by atoms with Crippen LogP contribution in [0, 0.1) is 5.92 Å². The van der Waals surface area contributed by atoms with Gasteiger partial charge in [-0.25, -0.2) is 0 Å². The van der Waals surface area contributed by atoms with E-state index in [0.29, 0.717) is 22.9 Å². The molecule has 18 heavy (non-hydrogen) atoms. The van der Waals surface area contributed by atoms with Crippen molar-refractivity contribution < 1.29 is 4.74 Å². The molecule has 0 spiro atoms. The number of halogens is 1. The van der Waals surface area contributed by atoms with Crippen molar-refractivity contribution in [1.29, 1.82) is 0 Å². The first-order valence-electron chi connectivity index (χ1n) is 6.18. The molecule has 0 aromatic heterocycles. The molecule has 1 fully saturated rings. The molecular formula is C13H16ClN3O. The average Bonchev–Trinajstić information content (AvgIpc) is 2.97. The van der Waals surface area contributed by atoms with Gasteiger partial charge >= 0.3 is 0 Å². The molecule has 0 bridgehead atoms. The Bertz CT molecular complexity index is 471. The average molecular weight is 266 g/mol. The number of hydrogen-bond donors (Lipinski definition) is 1. The van der Waals surface area contributed by atoms with Crippen LogP contribution in [-0.4, -0.2) is 31.8 Å². The van der Waals surface area contributed by atoms with Crippen molar-refractivity contribution in [2.45, 2.75) is 12.5 Å². The standard InChI is InChI=1S/C13H16ClN3O/c14-10-2-1-3-11(6-10)17-12(7-16-13(17)15)9-4-5-18-8-9/h1-3,6,9,12H,4-5,7-8H2,(H2,15,16). The first-order chi connectivity index (χ1) is 8.75. The monoisotopic (exact) mass is 265 g/mol. The molecule has 1 saturated heterocycles. The first-order valence-corrected chi connectivity index (χ1v) is 6.56. The predicted octanol–water partition coefficient (Wildman–Crippen LogP) is 1.88. The second-order valence-corrected chi connectivity index (χ2v) is 5.18. The molecular weight excluding hydrogens is 250 g/mol. The number of rotatable bonds is 2. The highest BCUT2D eigenvalue weighted by molar-refractivity contribution is 6.30. The van der Waals surface area contributed by atoms with E-state index in [4.69, 9.17) is 22.1 Å². The van der Waals surface area contributed by atoms with Gasteiger partial charge in [0.15, 0.2) is 5.96 Å².